The highest BCUT2D eigenvalue weighted by Crippen LogP contribution is 2.19. The molecule has 1 amide bonds. The summed E-state index contributed by atoms with van der Waals surface area (Å²) in [4.78, 5) is 24.6. The smallest absolute Gasteiger partial charge is 0.340 e. The van der Waals surface area contributed by atoms with E-state index in [2.05, 4.69) is 5.32 Å². The van der Waals surface area contributed by atoms with E-state index in [4.69, 9.17) is 4.74 Å². The number of amides is 1. The van der Waals surface area contributed by atoms with Gasteiger partial charge in [-0.25, -0.2) is 13.2 Å². The number of esters is 1. The first-order chi connectivity index (χ1) is 12.8. The predicted molar refractivity (Wildman–Crippen MR) is 103 cm³/mol. The fourth-order valence-electron chi connectivity index (χ4n) is 2.41. The molecular formula is C20H23NO5S. The molecule has 1 N–H and O–H groups in total. The van der Waals surface area contributed by atoms with Crippen LogP contribution in [0.1, 0.15) is 36.7 Å². The number of carbonyl (C=O) groups is 2. The van der Waals surface area contributed by atoms with E-state index in [1.807, 2.05) is 19.1 Å². The largest absolute Gasteiger partial charge is 0.449 e. The fourth-order valence-corrected chi connectivity index (χ4v) is 3.49. The zero-order valence-electron chi connectivity index (χ0n) is 15.6. The summed E-state index contributed by atoms with van der Waals surface area (Å²) in [5.41, 5.74) is 1.65. The fraction of sp³-hybridized carbons (Fsp3) is 0.300. The maximum Gasteiger partial charge on any atom is 0.340 e. The van der Waals surface area contributed by atoms with Gasteiger partial charge < -0.3 is 10.1 Å². The molecule has 0 aliphatic carbocycles. The van der Waals surface area contributed by atoms with Gasteiger partial charge in [0.05, 0.1) is 16.2 Å². The van der Waals surface area contributed by atoms with Crippen LogP contribution in [0.3, 0.4) is 0 Å². The Bertz CT molecular complexity index is 920. The number of rotatable bonds is 7. The summed E-state index contributed by atoms with van der Waals surface area (Å²) in [6.07, 6.45) is -0.191. The molecule has 2 rings (SSSR count). The molecule has 27 heavy (non-hydrogen) atoms. The molecular weight excluding hydrogens is 366 g/mol. The first kappa shape index (κ1) is 20.6. The minimum atomic E-state index is -3.59. The Labute approximate surface area is 159 Å². The van der Waals surface area contributed by atoms with Crippen LogP contribution in [0.25, 0.3) is 0 Å². The minimum absolute atomic E-state index is 0.0775. The summed E-state index contributed by atoms with van der Waals surface area (Å²) >= 11 is 0. The van der Waals surface area contributed by atoms with Gasteiger partial charge in [-0.3, -0.25) is 4.79 Å². The maximum absolute atomic E-state index is 12.4. The third-order valence-corrected chi connectivity index (χ3v) is 5.89. The van der Waals surface area contributed by atoms with E-state index < -0.39 is 27.8 Å². The van der Waals surface area contributed by atoms with Gasteiger partial charge in [-0.05, 0) is 43.2 Å². The summed E-state index contributed by atoms with van der Waals surface area (Å²) in [5, 5.41) is 2.67. The van der Waals surface area contributed by atoms with Crippen molar-refractivity contribution in [3.63, 3.8) is 0 Å². The van der Waals surface area contributed by atoms with Gasteiger partial charge in [-0.2, -0.15) is 0 Å². The molecule has 0 fully saturated rings. The van der Waals surface area contributed by atoms with Crippen molar-refractivity contribution in [1.29, 1.82) is 0 Å². The lowest BCUT2D eigenvalue weighted by Crippen LogP contribution is -2.30. The summed E-state index contributed by atoms with van der Waals surface area (Å²) in [7, 11) is -3.59. The first-order valence-electron chi connectivity index (χ1n) is 8.71. The monoisotopic (exact) mass is 389 g/mol. The molecule has 0 saturated heterocycles. The van der Waals surface area contributed by atoms with Gasteiger partial charge in [0.2, 0.25) is 0 Å². The molecule has 0 radical (unpaired) electrons. The van der Waals surface area contributed by atoms with Crippen molar-refractivity contribution in [3.8, 4) is 0 Å². The quantitative estimate of drug-likeness (QED) is 0.735. The summed E-state index contributed by atoms with van der Waals surface area (Å²) in [6.45, 7) is 4.97. The van der Waals surface area contributed by atoms with Crippen molar-refractivity contribution in [2.24, 2.45) is 0 Å². The topological polar surface area (TPSA) is 89.5 Å². The van der Waals surface area contributed by atoms with E-state index in [1.165, 1.54) is 32.0 Å². The molecule has 0 saturated carbocycles. The van der Waals surface area contributed by atoms with Crippen molar-refractivity contribution in [3.05, 3.63) is 59.7 Å². The zero-order valence-corrected chi connectivity index (χ0v) is 16.4. The van der Waals surface area contributed by atoms with Gasteiger partial charge in [0.1, 0.15) is 0 Å². The lowest BCUT2D eigenvalue weighted by molar-refractivity contribution is -0.123. The normalized spacial score (nSPS) is 12.3. The van der Waals surface area contributed by atoms with Crippen LogP contribution in [0, 0.1) is 0 Å². The number of ether oxygens (including phenoxy) is 1. The Morgan fingerprint density at radius 1 is 1.04 bits per heavy atom. The Balaban J connectivity index is 2.10. The Morgan fingerprint density at radius 2 is 1.67 bits per heavy atom. The highest BCUT2D eigenvalue weighted by Gasteiger charge is 2.25. The molecule has 1 atom stereocenters. The lowest BCUT2D eigenvalue weighted by atomic mass is 10.1. The van der Waals surface area contributed by atoms with Gasteiger partial charge in [-0.1, -0.05) is 38.1 Å². The van der Waals surface area contributed by atoms with Gasteiger partial charge in [0, 0.05) is 5.69 Å². The van der Waals surface area contributed by atoms with Crippen LogP contribution in [0.5, 0.6) is 0 Å². The molecule has 0 bridgehead atoms. The average molecular weight is 389 g/mol. The van der Waals surface area contributed by atoms with Crippen LogP contribution in [0.2, 0.25) is 0 Å². The van der Waals surface area contributed by atoms with E-state index in [9.17, 15) is 18.0 Å². The molecule has 0 aliphatic rings. The van der Waals surface area contributed by atoms with Gasteiger partial charge in [0.15, 0.2) is 15.9 Å². The van der Waals surface area contributed by atoms with Crippen molar-refractivity contribution in [2.45, 2.75) is 38.2 Å². The SMILES string of the molecule is CCc1ccc(NC(=O)[C@H](C)OC(=O)c2ccccc2S(=O)(=O)CC)cc1. The van der Waals surface area contributed by atoms with E-state index >= 15 is 0 Å². The Hall–Kier alpha value is -2.67. The third-order valence-electron chi connectivity index (χ3n) is 4.10. The van der Waals surface area contributed by atoms with Crippen LogP contribution >= 0.6 is 0 Å². The number of hydrogen-bond donors (Lipinski definition) is 1. The Kier molecular flexibility index (Phi) is 6.74. The van der Waals surface area contributed by atoms with Crippen molar-refractivity contribution in [2.75, 3.05) is 11.1 Å². The predicted octanol–water partition coefficient (Wildman–Crippen LogP) is 3.23. The van der Waals surface area contributed by atoms with Gasteiger partial charge >= 0.3 is 5.97 Å². The van der Waals surface area contributed by atoms with E-state index in [0.29, 0.717) is 5.69 Å². The zero-order chi connectivity index (χ0) is 20.0. The molecule has 0 unspecified atom stereocenters. The minimum Gasteiger partial charge on any atom is -0.449 e. The van der Waals surface area contributed by atoms with Gasteiger partial charge in [-0.15, -0.1) is 0 Å². The van der Waals surface area contributed by atoms with Crippen molar-refractivity contribution < 1.29 is 22.7 Å². The van der Waals surface area contributed by atoms with E-state index in [-0.39, 0.29) is 16.2 Å². The lowest BCUT2D eigenvalue weighted by Gasteiger charge is -2.15. The highest BCUT2D eigenvalue weighted by atomic mass is 32.2. The number of sulfone groups is 1. The van der Waals surface area contributed by atoms with E-state index in [0.717, 1.165) is 12.0 Å². The average Bonchev–Trinajstić information content (AvgIpc) is 2.68. The molecule has 144 valence electrons. The molecule has 0 aliphatic heterocycles. The maximum atomic E-state index is 12.4. The van der Waals surface area contributed by atoms with Crippen LogP contribution in [0.4, 0.5) is 5.69 Å². The summed E-state index contributed by atoms with van der Waals surface area (Å²) < 4.78 is 29.5. The summed E-state index contributed by atoms with van der Waals surface area (Å²) in [5.74, 6) is -1.49. The van der Waals surface area contributed by atoms with Crippen LogP contribution < -0.4 is 5.32 Å². The number of aryl methyl sites for hydroxylation is 1. The molecule has 0 heterocycles. The number of benzene rings is 2. The number of anilines is 1. The Morgan fingerprint density at radius 3 is 2.26 bits per heavy atom. The molecule has 6 nitrogen and oxygen atoms in total. The van der Waals surface area contributed by atoms with Gasteiger partial charge in [0.25, 0.3) is 5.91 Å². The van der Waals surface area contributed by atoms with Crippen molar-refractivity contribution in [1.82, 2.24) is 0 Å². The molecule has 7 heteroatoms. The second kappa shape index (κ2) is 8.81. The molecule has 0 aromatic heterocycles. The molecule has 0 spiro atoms. The third kappa shape index (κ3) is 5.17. The molecule has 2 aromatic carbocycles. The first-order valence-corrected chi connectivity index (χ1v) is 10.4. The second-order valence-corrected chi connectivity index (χ2v) is 8.23. The van der Waals surface area contributed by atoms with Crippen LogP contribution in [0.15, 0.2) is 53.4 Å². The molecule has 2 aromatic rings. The number of carbonyl (C=O) groups excluding carboxylic acids is 2. The van der Waals surface area contributed by atoms with E-state index in [1.54, 1.807) is 18.2 Å². The van der Waals surface area contributed by atoms with Crippen LogP contribution in [-0.4, -0.2) is 32.2 Å². The standard InChI is InChI=1S/C20H23NO5S/c1-4-15-10-12-16(13-11-15)21-19(22)14(3)26-20(23)17-8-6-7-9-18(17)27(24,25)5-2/h6-14H,4-5H2,1-3H3,(H,21,22)/t14-/m0/s1. The highest BCUT2D eigenvalue weighted by molar-refractivity contribution is 7.91. The number of nitrogens with one attached hydrogen (secondary N) is 1. The second-order valence-electron chi connectivity index (χ2n) is 5.99. The number of hydrogen-bond acceptors (Lipinski definition) is 5. The van der Waals surface area contributed by atoms with Crippen LogP contribution in [-0.2, 0) is 25.8 Å². The van der Waals surface area contributed by atoms with Crippen molar-refractivity contribution >= 4 is 27.4 Å². The summed E-state index contributed by atoms with van der Waals surface area (Å²) in [6, 6.07) is 13.2.